The van der Waals surface area contributed by atoms with Crippen LogP contribution in [0.15, 0.2) is 52.8 Å². The molecule has 2 aromatic heterocycles. The van der Waals surface area contributed by atoms with E-state index in [1.807, 2.05) is 16.7 Å². The van der Waals surface area contributed by atoms with Crippen LogP contribution in [0.25, 0.3) is 11.4 Å². The van der Waals surface area contributed by atoms with Gasteiger partial charge in [0.15, 0.2) is 11.0 Å². The first-order valence-corrected chi connectivity index (χ1v) is 8.75. The maximum atomic E-state index is 10.8. The van der Waals surface area contributed by atoms with Crippen molar-refractivity contribution in [2.45, 2.75) is 29.9 Å². The predicted octanol–water partition coefficient (Wildman–Crippen LogP) is 4.46. The number of benzene rings is 1. The summed E-state index contributed by atoms with van der Waals surface area (Å²) >= 11 is 7.52. The van der Waals surface area contributed by atoms with Crippen molar-refractivity contribution in [3.05, 3.63) is 57.9 Å². The molecule has 0 saturated carbocycles. The Labute approximate surface area is 153 Å². The van der Waals surface area contributed by atoms with Crippen LogP contribution in [0, 0.1) is 10.1 Å². The van der Waals surface area contributed by atoms with Crippen molar-refractivity contribution in [1.29, 1.82) is 0 Å². The van der Waals surface area contributed by atoms with Crippen LogP contribution in [0.1, 0.15) is 13.3 Å². The number of hydrogen-bond acceptors (Lipinski definition) is 6. The third-order valence-corrected chi connectivity index (χ3v) is 4.92. The molecule has 7 nitrogen and oxygen atoms in total. The third-order valence-electron chi connectivity index (χ3n) is 3.43. The van der Waals surface area contributed by atoms with Gasteiger partial charge in [-0.05, 0) is 36.4 Å². The maximum Gasteiger partial charge on any atom is 0.270 e. The van der Waals surface area contributed by atoms with Gasteiger partial charge in [0.2, 0.25) is 0 Å². The number of pyridine rings is 1. The van der Waals surface area contributed by atoms with Crippen LogP contribution in [0.2, 0.25) is 5.02 Å². The topological polar surface area (TPSA) is 86.7 Å². The number of halogens is 1. The Kier molecular flexibility index (Phi) is 5.30. The summed E-state index contributed by atoms with van der Waals surface area (Å²) in [5.41, 5.74) is 0.888. The van der Waals surface area contributed by atoms with Crippen molar-refractivity contribution in [3.63, 3.8) is 0 Å². The van der Waals surface area contributed by atoms with Crippen molar-refractivity contribution in [2.24, 2.45) is 0 Å². The van der Waals surface area contributed by atoms with E-state index in [9.17, 15) is 10.1 Å². The van der Waals surface area contributed by atoms with Gasteiger partial charge in [-0.25, -0.2) is 0 Å². The summed E-state index contributed by atoms with van der Waals surface area (Å²) in [4.78, 5) is 15.1. The van der Waals surface area contributed by atoms with Crippen LogP contribution >= 0.6 is 23.4 Å². The van der Waals surface area contributed by atoms with Gasteiger partial charge in [0.05, 0.1) is 9.95 Å². The lowest BCUT2D eigenvalue weighted by molar-refractivity contribution is -0.384. The lowest BCUT2D eigenvalue weighted by Crippen LogP contribution is -2.01. The van der Waals surface area contributed by atoms with Gasteiger partial charge in [0, 0.05) is 41.5 Å². The molecule has 0 atom stereocenters. The first kappa shape index (κ1) is 17.4. The summed E-state index contributed by atoms with van der Waals surface area (Å²) in [7, 11) is 0. The minimum Gasteiger partial charge on any atom is -0.302 e. The largest absolute Gasteiger partial charge is 0.302 e. The summed E-state index contributed by atoms with van der Waals surface area (Å²) in [6.07, 6.45) is 4.33. The average Bonchev–Trinajstić information content (AvgIpc) is 3.00. The van der Waals surface area contributed by atoms with Crippen molar-refractivity contribution < 1.29 is 4.92 Å². The summed E-state index contributed by atoms with van der Waals surface area (Å²) in [6, 6.07) is 8.15. The average molecular weight is 376 g/mol. The van der Waals surface area contributed by atoms with Gasteiger partial charge in [-0.2, -0.15) is 0 Å². The van der Waals surface area contributed by atoms with Gasteiger partial charge in [0.1, 0.15) is 0 Å². The van der Waals surface area contributed by atoms with Crippen molar-refractivity contribution in [2.75, 3.05) is 0 Å². The fourth-order valence-electron chi connectivity index (χ4n) is 2.29. The highest BCUT2D eigenvalue weighted by molar-refractivity contribution is 7.99. The molecule has 3 aromatic rings. The Hall–Kier alpha value is -2.45. The first-order valence-electron chi connectivity index (χ1n) is 7.55. The van der Waals surface area contributed by atoms with Crippen LogP contribution in [-0.2, 0) is 6.54 Å². The standard InChI is InChI=1S/C16H14ClN5O2S/c1-2-9-21-15(11-5-7-18-8-6-11)19-20-16(21)25-14-4-3-12(22(23)24)10-13(14)17/h3-8,10H,2,9H2,1H3. The Balaban J connectivity index is 1.95. The van der Waals surface area contributed by atoms with Crippen LogP contribution in [0.5, 0.6) is 0 Å². The van der Waals surface area contributed by atoms with Crippen LogP contribution < -0.4 is 0 Å². The van der Waals surface area contributed by atoms with Crippen molar-refractivity contribution >= 4 is 29.1 Å². The number of hydrogen-bond donors (Lipinski definition) is 0. The number of nitro groups is 1. The minimum atomic E-state index is -0.471. The number of rotatable bonds is 6. The highest BCUT2D eigenvalue weighted by Gasteiger charge is 2.17. The molecule has 0 aliphatic carbocycles. The molecule has 0 saturated heterocycles. The second-order valence-electron chi connectivity index (χ2n) is 5.17. The highest BCUT2D eigenvalue weighted by Crippen LogP contribution is 2.35. The number of nitro benzene ring substituents is 1. The molecule has 0 bridgehead atoms. The Morgan fingerprint density at radius 2 is 2.00 bits per heavy atom. The van der Waals surface area contributed by atoms with E-state index in [2.05, 4.69) is 22.1 Å². The molecule has 1 aromatic carbocycles. The van der Waals surface area contributed by atoms with Gasteiger partial charge in [-0.15, -0.1) is 10.2 Å². The van der Waals surface area contributed by atoms with E-state index in [4.69, 9.17) is 11.6 Å². The summed E-state index contributed by atoms with van der Waals surface area (Å²) in [5, 5.41) is 20.4. The number of aromatic nitrogens is 4. The maximum absolute atomic E-state index is 10.8. The molecule has 3 rings (SSSR count). The monoisotopic (exact) mass is 375 g/mol. The van der Waals surface area contributed by atoms with Gasteiger partial charge in [-0.1, -0.05) is 18.5 Å². The zero-order valence-electron chi connectivity index (χ0n) is 13.3. The molecule has 0 unspecified atom stereocenters. The second kappa shape index (κ2) is 7.62. The van der Waals surface area contributed by atoms with Gasteiger partial charge < -0.3 is 4.57 Å². The summed E-state index contributed by atoms with van der Waals surface area (Å²) in [6.45, 7) is 2.82. The zero-order chi connectivity index (χ0) is 17.8. The van der Waals surface area contributed by atoms with E-state index in [0.717, 1.165) is 24.4 Å². The van der Waals surface area contributed by atoms with Crippen LogP contribution in [-0.4, -0.2) is 24.7 Å². The van der Waals surface area contributed by atoms with Crippen molar-refractivity contribution in [1.82, 2.24) is 19.7 Å². The quantitative estimate of drug-likeness (QED) is 0.467. The Morgan fingerprint density at radius 1 is 1.24 bits per heavy atom. The molecule has 9 heteroatoms. The molecule has 0 fully saturated rings. The zero-order valence-corrected chi connectivity index (χ0v) is 14.9. The smallest absolute Gasteiger partial charge is 0.270 e. The molecule has 2 heterocycles. The number of non-ortho nitro benzene ring substituents is 1. The van der Waals surface area contributed by atoms with E-state index >= 15 is 0 Å². The van der Waals surface area contributed by atoms with E-state index < -0.39 is 4.92 Å². The van der Waals surface area contributed by atoms with E-state index in [-0.39, 0.29) is 5.69 Å². The predicted molar refractivity (Wildman–Crippen MR) is 95.8 cm³/mol. The Bertz CT molecular complexity index is 901. The highest BCUT2D eigenvalue weighted by atomic mass is 35.5. The fourth-order valence-corrected chi connectivity index (χ4v) is 3.44. The molecule has 25 heavy (non-hydrogen) atoms. The normalized spacial score (nSPS) is 10.8. The Morgan fingerprint density at radius 3 is 2.64 bits per heavy atom. The lowest BCUT2D eigenvalue weighted by atomic mass is 10.2. The molecule has 0 spiro atoms. The minimum absolute atomic E-state index is 0.0400. The molecule has 0 radical (unpaired) electrons. The summed E-state index contributed by atoms with van der Waals surface area (Å²) < 4.78 is 2.01. The molecule has 0 N–H and O–H groups in total. The van der Waals surface area contributed by atoms with E-state index in [0.29, 0.717) is 15.1 Å². The molecular formula is C16H14ClN5O2S. The van der Waals surface area contributed by atoms with Crippen molar-refractivity contribution in [3.8, 4) is 11.4 Å². The molecule has 128 valence electrons. The summed E-state index contributed by atoms with van der Waals surface area (Å²) in [5.74, 6) is 0.754. The third kappa shape index (κ3) is 3.80. The first-order chi connectivity index (χ1) is 12.1. The van der Waals surface area contributed by atoms with E-state index in [1.165, 1.54) is 23.9 Å². The molecule has 0 aliphatic rings. The van der Waals surface area contributed by atoms with Gasteiger partial charge in [0.25, 0.3) is 5.69 Å². The number of nitrogens with zero attached hydrogens (tertiary/aromatic N) is 5. The van der Waals surface area contributed by atoms with Crippen LogP contribution in [0.3, 0.4) is 0 Å². The SMILES string of the molecule is CCCn1c(Sc2ccc([N+](=O)[O-])cc2Cl)nnc1-c1ccncc1. The molecular weight excluding hydrogens is 362 g/mol. The molecule has 0 aliphatic heterocycles. The lowest BCUT2D eigenvalue weighted by Gasteiger charge is -2.09. The van der Waals surface area contributed by atoms with E-state index in [1.54, 1.807) is 18.5 Å². The molecule has 0 amide bonds. The fraction of sp³-hybridized carbons (Fsp3) is 0.188. The second-order valence-corrected chi connectivity index (χ2v) is 6.58. The van der Waals surface area contributed by atoms with Gasteiger partial charge >= 0.3 is 0 Å². The van der Waals surface area contributed by atoms with Crippen LogP contribution in [0.4, 0.5) is 5.69 Å². The van der Waals surface area contributed by atoms with Gasteiger partial charge in [-0.3, -0.25) is 15.1 Å².